The molecule has 140 valence electrons. The van der Waals surface area contributed by atoms with Crippen LogP contribution in [0, 0.1) is 5.92 Å². The zero-order valence-electron chi connectivity index (χ0n) is 14.7. The van der Waals surface area contributed by atoms with Gasteiger partial charge in [-0.05, 0) is 34.6 Å². The number of nitrogens with zero attached hydrogens (tertiary/aromatic N) is 1. The van der Waals surface area contributed by atoms with Gasteiger partial charge in [-0.2, -0.15) is 0 Å². The van der Waals surface area contributed by atoms with Crippen LogP contribution in [0.3, 0.4) is 0 Å². The fraction of sp³-hybridized carbons (Fsp3) is 0.333. The first-order chi connectivity index (χ1) is 13.0. The highest BCUT2D eigenvalue weighted by Crippen LogP contribution is 2.44. The summed E-state index contributed by atoms with van der Waals surface area (Å²) in [7, 11) is 0. The topological polar surface area (TPSA) is 66.8 Å². The minimum atomic E-state index is -1.88. The van der Waals surface area contributed by atoms with Gasteiger partial charge in [-0.15, -0.1) is 0 Å². The number of benzene rings is 2. The summed E-state index contributed by atoms with van der Waals surface area (Å²) >= 11 is 0. The van der Waals surface area contributed by atoms with Crippen molar-refractivity contribution in [1.29, 1.82) is 0 Å². The van der Waals surface area contributed by atoms with Gasteiger partial charge in [0.1, 0.15) is 6.61 Å². The minimum absolute atomic E-state index is 0.000607. The van der Waals surface area contributed by atoms with Crippen LogP contribution in [0.15, 0.2) is 48.5 Å². The quantitative estimate of drug-likeness (QED) is 0.873. The molecular formula is C21H20FNO4. The molecule has 6 heteroatoms. The van der Waals surface area contributed by atoms with Gasteiger partial charge in [-0.25, -0.2) is 14.0 Å². The number of hydrogen-bond acceptors (Lipinski definition) is 3. The van der Waals surface area contributed by atoms with E-state index >= 15 is 0 Å². The van der Waals surface area contributed by atoms with E-state index in [0.29, 0.717) is 13.1 Å². The van der Waals surface area contributed by atoms with Crippen molar-refractivity contribution in [2.24, 2.45) is 5.92 Å². The number of carbonyl (C=O) groups is 2. The van der Waals surface area contributed by atoms with Crippen molar-refractivity contribution < 1.29 is 23.8 Å². The van der Waals surface area contributed by atoms with E-state index in [0.717, 1.165) is 11.1 Å². The van der Waals surface area contributed by atoms with Crippen molar-refractivity contribution in [2.45, 2.75) is 18.5 Å². The van der Waals surface area contributed by atoms with Crippen LogP contribution in [0.2, 0.25) is 0 Å². The molecule has 0 spiro atoms. The molecule has 2 aromatic carbocycles. The lowest BCUT2D eigenvalue weighted by atomic mass is 9.94. The molecule has 1 fully saturated rings. The van der Waals surface area contributed by atoms with E-state index in [9.17, 15) is 14.0 Å². The highest BCUT2D eigenvalue weighted by atomic mass is 19.1. The second-order valence-electron chi connectivity index (χ2n) is 7.12. The zero-order valence-corrected chi connectivity index (χ0v) is 14.7. The molecule has 4 rings (SSSR count). The number of amides is 1. The van der Waals surface area contributed by atoms with Gasteiger partial charge in [0.05, 0.1) is 0 Å². The monoisotopic (exact) mass is 369 g/mol. The fourth-order valence-corrected chi connectivity index (χ4v) is 3.95. The number of halogens is 1. The number of fused-ring (bicyclic) bond motifs is 3. The molecule has 1 aliphatic heterocycles. The highest BCUT2D eigenvalue weighted by Gasteiger charge is 2.36. The van der Waals surface area contributed by atoms with Crippen LogP contribution in [0.25, 0.3) is 11.1 Å². The van der Waals surface area contributed by atoms with Crippen LogP contribution < -0.4 is 0 Å². The summed E-state index contributed by atoms with van der Waals surface area (Å²) in [5.41, 5.74) is 4.63. The van der Waals surface area contributed by atoms with Crippen LogP contribution in [0.1, 0.15) is 23.5 Å². The van der Waals surface area contributed by atoms with E-state index in [-0.39, 0.29) is 24.9 Å². The van der Waals surface area contributed by atoms with Crippen LogP contribution in [-0.2, 0) is 9.53 Å². The van der Waals surface area contributed by atoms with Crippen molar-refractivity contribution in [2.75, 3.05) is 19.7 Å². The molecule has 27 heavy (non-hydrogen) atoms. The second-order valence-corrected chi connectivity index (χ2v) is 7.12. The smallest absolute Gasteiger partial charge is 0.409 e. The SMILES string of the molecule is O=C(O)C(F)CC1CN(C(=O)OCC2c3ccccc3-c3ccccc32)C1. The lowest BCUT2D eigenvalue weighted by Crippen LogP contribution is -2.51. The van der Waals surface area contributed by atoms with Crippen LogP contribution in [0.5, 0.6) is 0 Å². The fourth-order valence-electron chi connectivity index (χ4n) is 3.95. The molecule has 1 aliphatic carbocycles. The van der Waals surface area contributed by atoms with Gasteiger partial charge in [0.25, 0.3) is 0 Å². The lowest BCUT2D eigenvalue weighted by molar-refractivity contribution is -0.143. The average molecular weight is 369 g/mol. The molecule has 1 N–H and O–H groups in total. The molecule has 2 aromatic rings. The maximum absolute atomic E-state index is 13.2. The van der Waals surface area contributed by atoms with Gasteiger partial charge in [0, 0.05) is 19.0 Å². The Balaban J connectivity index is 1.36. The van der Waals surface area contributed by atoms with Crippen molar-refractivity contribution >= 4 is 12.1 Å². The molecule has 1 heterocycles. The van der Waals surface area contributed by atoms with Crippen molar-refractivity contribution in [3.8, 4) is 11.1 Å². The Morgan fingerprint density at radius 1 is 1.07 bits per heavy atom. The number of likely N-dealkylation sites (tertiary alicyclic amines) is 1. The second kappa shape index (κ2) is 7.02. The van der Waals surface area contributed by atoms with Gasteiger partial charge in [-0.1, -0.05) is 48.5 Å². The predicted molar refractivity (Wildman–Crippen MR) is 97.3 cm³/mol. The maximum Gasteiger partial charge on any atom is 0.409 e. The van der Waals surface area contributed by atoms with E-state index in [1.807, 2.05) is 24.3 Å². The summed E-state index contributed by atoms with van der Waals surface area (Å²) < 4.78 is 18.7. The Morgan fingerprint density at radius 2 is 1.63 bits per heavy atom. The number of ether oxygens (including phenoxy) is 1. The van der Waals surface area contributed by atoms with E-state index in [4.69, 9.17) is 9.84 Å². The molecular weight excluding hydrogens is 349 g/mol. The summed E-state index contributed by atoms with van der Waals surface area (Å²) in [6.07, 6.45) is -2.37. The number of aliphatic carboxylic acids is 1. The third kappa shape index (κ3) is 3.27. The Kier molecular flexibility index (Phi) is 4.56. The van der Waals surface area contributed by atoms with E-state index in [1.165, 1.54) is 16.0 Å². The van der Waals surface area contributed by atoms with Crippen molar-refractivity contribution in [3.05, 3.63) is 59.7 Å². The van der Waals surface area contributed by atoms with E-state index in [2.05, 4.69) is 24.3 Å². The zero-order chi connectivity index (χ0) is 19.0. The van der Waals surface area contributed by atoms with Crippen molar-refractivity contribution in [1.82, 2.24) is 4.90 Å². The highest BCUT2D eigenvalue weighted by molar-refractivity contribution is 5.79. The first-order valence-electron chi connectivity index (χ1n) is 9.01. The molecule has 0 radical (unpaired) electrons. The largest absolute Gasteiger partial charge is 0.479 e. The summed E-state index contributed by atoms with van der Waals surface area (Å²) in [5.74, 6) is -1.58. The molecule has 0 saturated carbocycles. The first kappa shape index (κ1) is 17.5. The molecule has 1 atom stereocenters. The average Bonchev–Trinajstić information content (AvgIpc) is 2.96. The molecule has 2 aliphatic rings. The predicted octanol–water partition coefficient (Wildman–Crippen LogP) is 3.68. The number of alkyl halides is 1. The minimum Gasteiger partial charge on any atom is -0.479 e. The van der Waals surface area contributed by atoms with Crippen molar-refractivity contribution in [3.63, 3.8) is 0 Å². The van der Waals surface area contributed by atoms with Gasteiger partial charge < -0.3 is 14.7 Å². The Bertz CT molecular complexity index is 832. The Labute approximate surface area is 156 Å². The standard InChI is InChI=1S/C21H20FNO4/c22-19(20(24)25)9-13-10-23(11-13)21(26)27-12-18-16-7-3-1-5-14(16)15-6-2-4-8-17(15)18/h1-8,13,18-19H,9-12H2,(H,24,25). The summed E-state index contributed by atoms with van der Waals surface area (Å²) in [5, 5.41) is 8.61. The Morgan fingerprint density at radius 3 is 2.19 bits per heavy atom. The van der Waals surface area contributed by atoms with Gasteiger partial charge in [0.15, 0.2) is 6.17 Å². The number of carbonyl (C=O) groups excluding carboxylic acids is 1. The summed E-state index contributed by atoms with van der Waals surface area (Å²) in [6.45, 7) is 0.920. The number of carboxylic acids is 1. The van der Waals surface area contributed by atoms with Gasteiger partial charge in [0.2, 0.25) is 0 Å². The summed E-state index contributed by atoms with van der Waals surface area (Å²) in [4.78, 5) is 24.3. The Hall–Kier alpha value is -2.89. The number of rotatable bonds is 5. The molecule has 5 nitrogen and oxygen atoms in total. The normalized spacial score (nSPS) is 17.0. The van der Waals surface area contributed by atoms with Crippen LogP contribution in [-0.4, -0.2) is 47.9 Å². The molecule has 0 bridgehead atoms. The number of hydrogen-bond donors (Lipinski definition) is 1. The molecule has 1 amide bonds. The van der Waals surface area contributed by atoms with Crippen LogP contribution >= 0.6 is 0 Å². The molecule has 1 saturated heterocycles. The summed E-state index contributed by atoms with van der Waals surface area (Å²) in [6, 6.07) is 16.2. The number of carboxylic acid groups (broad SMARTS) is 1. The third-order valence-electron chi connectivity index (χ3n) is 5.36. The molecule has 0 aromatic heterocycles. The van der Waals surface area contributed by atoms with Crippen LogP contribution in [0.4, 0.5) is 9.18 Å². The van der Waals surface area contributed by atoms with E-state index < -0.39 is 18.2 Å². The third-order valence-corrected chi connectivity index (χ3v) is 5.36. The maximum atomic E-state index is 13.2. The van der Waals surface area contributed by atoms with E-state index in [1.54, 1.807) is 0 Å². The lowest BCUT2D eigenvalue weighted by Gasteiger charge is -2.38. The van der Waals surface area contributed by atoms with Gasteiger partial charge in [-0.3, -0.25) is 0 Å². The molecule has 1 unspecified atom stereocenters. The first-order valence-corrected chi connectivity index (χ1v) is 9.01. The van der Waals surface area contributed by atoms with Gasteiger partial charge >= 0.3 is 12.1 Å².